The van der Waals surface area contributed by atoms with Gasteiger partial charge in [0.1, 0.15) is 0 Å². The first-order chi connectivity index (χ1) is 18.5. The molecule has 184 valence electrons. The Morgan fingerprint density at radius 1 is 0.947 bits per heavy atom. The summed E-state index contributed by atoms with van der Waals surface area (Å²) in [6.07, 6.45) is 0.439. The van der Waals surface area contributed by atoms with Crippen molar-refractivity contribution < 1.29 is 4.79 Å². The first-order valence-corrected chi connectivity index (χ1v) is 13.7. The lowest BCUT2D eigenvalue weighted by Gasteiger charge is -2.51. The SMILES string of the molecule is [C-]#[N+]C12CC(C)(C(=O)Nc3nc(-c4ccc(C)c5ccccc45)cs3)C(c3ccccc31)c1ccccc12. The molecule has 1 atom stereocenters. The minimum Gasteiger partial charge on any atom is -0.301 e. The summed E-state index contributed by atoms with van der Waals surface area (Å²) >= 11 is 1.44. The molecule has 1 amide bonds. The molecule has 4 aromatic carbocycles. The van der Waals surface area contributed by atoms with E-state index in [1.807, 2.05) is 42.6 Å². The number of rotatable bonds is 3. The number of nitrogens with one attached hydrogen (secondary N) is 1. The smallest absolute Gasteiger partial charge is 0.284 e. The molecule has 0 saturated heterocycles. The highest BCUT2D eigenvalue weighted by Gasteiger charge is 2.64. The topological polar surface area (TPSA) is 46.4 Å². The van der Waals surface area contributed by atoms with E-state index in [0.717, 1.165) is 38.9 Å². The second-order valence-corrected chi connectivity index (χ2v) is 11.5. The van der Waals surface area contributed by atoms with Gasteiger partial charge in [0.2, 0.25) is 5.91 Å². The number of anilines is 1. The number of carbonyl (C=O) groups excluding carboxylic acids is 1. The quantitative estimate of drug-likeness (QED) is 0.250. The van der Waals surface area contributed by atoms with Crippen molar-refractivity contribution in [3.63, 3.8) is 0 Å². The first-order valence-electron chi connectivity index (χ1n) is 12.8. The van der Waals surface area contributed by atoms with E-state index in [2.05, 4.69) is 71.7 Å². The molecule has 3 aliphatic carbocycles. The van der Waals surface area contributed by atoms with Gasteiger partial charge in [-0.05, 0) is 41.3 Å². The minimum absolute atomic E-state index is 0.0887. The summed E-state index contributed by atoms with van der Waals surface area (Å²) in [6.45, 7) is 12.5. The zero-order valence-corrected chi connectivity index (χ0v) is 22.0. The van der Waals surface area contributed by atoms with E-state index in [0.29, 0.717) is 11.6 Å². The average Bonchev–Trinajstić information content (AvgIpc) is 3.41. The third-order valence-electron chi connectivity index (χ3n) is 8.55. The van der Waals surface area contributed by atoms with Gasteiger partial charge in [0.25, 0.3) is 5.54 Å². The summed E-state index contributed by atoms with van der Waals surface area (Å²) in [4.78, 5) is 23.2. The van der Waals surface area contributed by atoms with Crippen LogP contribution in [0.5, 0.6) is 0 Å². The number of carbonyl (C=O) groups is 1. The first kappa shape index (κ1) is 22.9. The fraction of sp³-hybridized carbons (Fsp3) is 0.182. The predicted octanol–water partition coefficient (Wildman–Crippen LogP) is 7.93. The molecule has 0 aliphatic heterocycles. The van der Waals surface area contributed by atoms with Gasteiger partial charge in [-0.2, -0.15) is 0 Å². The summed E-state index contributed by atoms with van der Waals surface area (Å²) in [5, 5.41) is 8.10. The molecule has 0 fully saturated rings. The van der Waals surface area contributed by atoms with Gasteiger partial charge >= 0.3 is 0 Å². The Hall–Kier alpha value is -4.27. The van der Waals surface area contributed by atoms with Crippen molar-refractivity contribution in [1.29, 1.82) is 0 Å². The second-order valence-electron chi connectivity index (χ2n) is 10.6. The Bertz CT molecular complexity index is 1770. The molecule has 8 rings (SSSR count). The largest absolute Gasteiger partial charge is 0.301 e. The third kappa shape index (κ3) is 3.01. The zero-order valence-electron chi connectivity index (χ0n) is 21.2. The molecular formula is C33H25N3OS. The number of fused-ring (bicyclic) bond motifs is 2. The maximum Gasteiger partial charge on any atom is 0.284 e. The third-order valence-corrected chi connectivity index (χ3v) is 9.30. The molecule has 0 spiro atoms. The van der Waals surface area contributed by atoms with Crippen LogP contribution in [-0.2, 0) is 10.3 Å². The van der Waals surface area contributed by atoms with Gasteiger partial charge in [-0.25, -0.2) is 11.6 Å². The highest BCUT2D eigenvalue weighted by molar-refractivity contribution is 7.14. The molecule has 5 heteroatoms. The monoisotopic (exact) mass is 511 g/mol. The van der Waals surface area contributed by atoms with Crippen molar-refractivity contribution in [2.75, 3.05) is 5.32 Å². The van der Waals surface area contributed by atoms with E-state index in [4.69, 9.17) is 11.6 Å². The Labute approximate surface area is 225 Å². The zero-order chi connectivity index (χ0) is 26.1. The summed E-state index contributed by atoms with van der Waals surface area (Å²) < 4.78 is 0. The van der Waals surface area contributed by atoms with Crippen LogP contribution < -0.4 is 5.32 Å². The highest BCUT2D eigenvalue weighted by atomic mass is 32.1. The number of benzene rings is 4. The van der Waals surface area contributed by atoms with Gasteiger partial charge in [0.05, 0.1) is 11.1 Å². The van der Waals surface area contributed by atoms with Crippen LogP contribution >= 0.6 is 11.3 Å². The molecule has 5 aromatic rings. The Morgan fingerprint density at radius 2 is 1.58 bits per heavy atom. The molecular weight excluding hydrogens is 486 g/mol. The van der Waals surface area contributed by atoms with Gasteiger partial charge in [-0.3, -0.25) is 9.64 Å². The summed E-state index contributed by atoms with van der Waals surface area (Å²) in [5.41, 5.74) is 5.69. The lowest BCUT2D eigenvalue weighted by molar-refractivity contribution is -0.127. The van der Waals surface area contributed by atoms with Crippen molar-refractivity contribution in [1.82, 2.24) is 4.98 Å². The van der Waals surface area contributed by atoms with Crippen molar-refractivity contribution in [2.45, 2.75) is 31.7 Å². The molecule has 0 saturated carbocycles. The average molecular weight is 512 g/mol. The van der Waals surface area contributed by atoms with Gasteiger partial charge in [0.15, 0.2) is 5.13 Å². The number of nitrogens with zero attached hydrogens (tertiary/aromatic N) is 2. The number of aromatic nitrogens is 1. The second kappa shape index (κ2) is 8.11. The summed E-state index contributed by atoms with van der Waals surface area (Å²) in [5.74, 6) is -0.215. The molecule has 2 bridgehead atoms. The van der Waals surface area contributed by atoms with E-state index in [1.54, 1.807) is 0 Å². The van der Waals surface area contributed by atoms with Crippen LogP contribution in [0.15, 0.2) is 90.3 Å². The van der Waals surface area contributed by atoms with Crippen molar-refractivity contribution in [2.24, 2.45) is 5.41 Å². The van der Waals surface area contributed by atoms with Gasteiger partial charge in [0, 0.05) is 34.4 Å². The van der Waals surface area contributed by atoms with E-state index in [9.17, 15) is 4.79 Å². The van der Waals surface area contributed by atoms with Crippen molar-refractivity contribution >= 4 is 33.1 Å². The lowest BCUT2D eigenvalue weighted by atomic mass is 9.49. The number of thiazole rings is 1. The molecule has 0 radical (unpaired) electrons. The standard InChI is InChI=1S/C33H25N3OS/c1-20-16-17-23(22-11-5-4-10-21(20)22)28-18-38-31(35-28)36-30(37)32(2)19-33(34-3)26-14-8-6-12-24(26)29(32)25-13-7-9-15-27(25)33/h4-18,29H,19H2,1-2H3,(H,35,36,37). The van der Waals surface area contributed by atoms with E-state index < -0.39 is 11.0 Å². The van der Waals surface area contributed by atoms with E-state index in [-0.39, 0.29) is 11.8 Å². The van der Waals surface area contributed by atoms with Crippen LogP contribution in [-0.4, -0.2) is 10.9 Å². The summed E-state index contributed by atoms with van der Waals surface area (Å²) in [7, 11) is 0. The Morgan fingerprint density at radius 3 is 2.26 bits per heavy atom. The summed E-state index contributed by atoms with van der Waals surface area (Å²) in [6, 6.07) is 28.9. The van der Waals surface area contributed by atoms with Crippen LogP contribution in [0, 0.1) is 18.9 Å². The number of amides is 1. The van der Waals surface area contributed by atoms with Gasteiger partial charge in [-0.1, -0.05) is 84.9 Å². The molecule has 38 heavy (non-hydrogen) atoms. The normalized spacial score (nSPS) is 22.9. The fourth-order valence-corrected chi connectivity index (χ4v) is 7.52. The van der Waals surface area contributed by atoms with Crippen LogP contribution in [0.4, 0.5) is 5.13 Å². The molecule has 1 heterocycles. The van der Waals surface area contributed by atoms with Crippen LogP contribution in [0.25, 0.3) is 26.9 Å². The van der Waals surface area contributed by atoms with Crippen LogP contribution in [0.3, 0.4) is 0 Å². The highest BCUT2D eigenvalue weighted by Crippen LogP contribution is 2.64. The number of hydrogen-bond donors (Lipinski definition) is 1. The van der Waals surface area contributed by atoms with E-state index in [1.165, 1.54) is 22.3 Å². The van der Waals surface area contributed by atoms with Crippen LogP contribution in [0.2, 0.25) is 0 Å². The lowest BCUT2D eigenvalue weighted by Crippen LogP contribution is -2.53. The van der Waals surface area contributed by atoms with Gasteiger partial charge in [-0.15, -0.1) is 11.3 Å². The number of hydrogen-bond acceptors (Lipinski definition) is 3. The Kier molecular flexibility index (Phi) is 4.89. The predicted molar refractivity (Wildman–Crippen MR) is 153 cm³/mol. The van der Waals surface area contributed by atoms with Gasteiger partial charge < -0.3 is 5.32 Å². The maximum atomic E-state index is 14.1. The fourth-order valence-electron chi connectivity index (χ4n) is 6.81. The molecule has 1 aromatic heterocycles. The molecule has 4 nitrogen and oxygen atoms in total. The maximum absolute atomic E-state index is 14.1. The van der Waals surface area contributed by atoms with Crippen molar-refractivity contribution in [3.05, 3.63) is 130 Å². The van der Waals surface area contributed by atoms with E-state index >= 15 is 0 Å². The number of aryl methyl sites for hydroxylation is 1. The van der Waals surface area contributed by atoms with Crippen LogP contribution in [0.1, 0.15) is 47.1 Å². The minimum atomic E-state index is -0.872. The molecule has 3 aliphatic rings. The molecule has 1 unspecified atom stereocenters. The molecule has 1 N–H and O–H groups in total. The Balaban J connectivity index is 1.28. The van der Waals surface area contributed by atoms with Crippen molar-refractivity contribution in [3.8, 4) is 11.3 Å².